The zero-order chi connectivity index (χ0) is 13.8. The quantitative estimate of drug-likeness (QED) is 0.897. The van der Waals surface area contributed by atoms with Crippen LogP contribution < -0.4 is 5.32 Å². The second kappa shape index (κ2) is 6.20. The molecule has 1 heterocycles. The minimum atomic E-state index is -0.186. The second-order valence-corrected chi connectivity index (χ2v) is 5.48. The van der Waals surface area contributed by atoms with Gasteiger partial charge in [-0.1, -0.05) is 25.0 Å². The number of aromatic nitrogens is 2. The minimum absolute atomic E-state index is 0.186. The molecule has 1 fully saturated rings. The van der Waals surface area contributed by atoms with Crippen LogP contribution in [0.2, 0.25) is 0 Å². The molecule has 2 N–H and O–H groups in total. The van der Waals surface area contributed by atoms with Crippen LogP contribution in [0.1, 0.15) is 31.2 Å². The molecule has 0 radical (unpaired) electrons. The van der Waals surface area contributed by atoms with Crippen LogP contribution in [0, 0.1) is 0 Å². The maximum Gasteiger partial charge on any atom is 0.0991 e. The number of imidazole rings is 1. The summed E-state index contributed by atoms with van der Waals surface area (Å²) < 4.78 is 1.99. The predicted octanol–water partition coefficient (Wildman–Crippen LogP) is 2.27. The van der Waals surface area contributed by atoms with Crippen molar-refractivity contribution in [2.24, 2.45) is 0 Å². The molecule has 1 saturated carbocycles. The molecule has 4 heteroatoms. The molecule has 1 aromatic heterocycles. The van der Waals surface area contributed by atoms with Gasteiger partial charge in [0.25, 0.3) is 0 Å². The van der Waals surface area contributed by atoms with Crippen LogP contribution >= 0.6 is 0 Å². The number of hydrogen-bond acceptors (Lipinski definition) is 3. The first-order chi connectivity index (χ1) is 9.83. The molecule has 20 heavy (non-hydrogen) atoms. The summed E-state index contributed by atoms with van der Waals surface area (Å²) in [7, 11) is 0. The number of hydrogen-bond donors (Lipinski definition) is 2. The van der Waals surface area contributed by atoms with Gasteiger partial charge in [-0.05, 0) is 30.5 Å². The van der Waals surface area contributed by atoms with Crippen LogP contribution in [0.15, 0.2) is 43.0 Å². The maximum absolute atomic E-state index is 9.94. The van der Waals surface area contributed by atoms with Crippen molar-refractivity contribution in [1.29, 1.82) is 0 Å². The summed E-state index contributed by atoms with van der Waals surface area (Å²) in [5, 5.41) is 13.4. The average molecular weight is 271 g/mol. The van der Waals surface area contributed by atoms with Crippen molar-refractivity contribution >= 4 is 0 Å². The Morgan fingerprint density at radius 2 is 2.00 bits per heavy atom. The van der Waals surface area contributed by atoms with E-state index in [1.165, 1.54) is 12.0 Å². The molecule has 0 aliphatic heterocycles. The van der Waals surface area contributed by atoms with Crippen LogP contribution in [0.5, 0.6) is 0 Å². The molecule has 1 aliphatic rings. The third-order valence-electron chi connectivity index (χ3n) is 4.04. The Hall–Kier alpha value is -1.65. The van der Waals surface area contributed by atoms with E-state index < -0.39 is 0 Å². The van der Waals surface area contributed by atoms with E-state index >= 15 is 0 Å². The van der Waals surface area contributed by atoms with Crippen molar-refractivity contribution in [3.8, 4) is 5.69 Å². The molecule has 1 aliphatic carbocycles. The van der Waals surface area contributed by atoms with Gasteiger partial charge < -0.3 is 15.0 Å². The van der Waals surface area contributed by atoms with Gasteiger partial charge in [-0.2, -0.15) is 0 Å². The smallest absolute Gasteiger partial charge is 0.0991 e. The van der Waals surface area contributed by atoms with Gasteiger partial charge in [0.2, 0.25) is 0 Å². The third kappa shape index (κ3) is 3.08. The highest BCUT2D eigenvalue weighted by Crippen LogP contribution is 2.19. The van der Waals surface area contributed by atoms with Gasteiger partial charge in [0, 0.05) is 30.7 Å². The summed E-state index contributed by atoms with van der Waals surface area (Å²) in [5.41, 5.74) is 2.36. The van der Waals surface area contributed by atoms with Gasteiger partial charge in [-0.15, -0.1) is 0 Å². The fourth-order valence-corrected chi connectivity index (χ4v) is 2.80. The fraction of sp³-hybridized carbons (Fsp3) is 0.438. The molecule has 0 bridgehead atoms. The highest BCUT2D eigenvalue weighted by molar-refractivity contribution is 5.34. The van der Waals surface area contributed by atoms with E-state index in [0.717, 1.165) is 31.5 Å². The number of rotatable bonds is 4. The molecule has 4 nitrogen and oxygen atoms in total. The first-order valence-electron chi connectivity index (χ1n) is 7.31. The molecule has 0 saturated heterocycles. The Morgan fingerprint density at radius 1 is 1.20 bits per heavy atom. The summed E-state index contributed by atoms with van der Waals surface area (Å²) in [6.45, 7) is 0.811. The lowest BCUT2D eigenvalue weighted by atomic mass is 9.92. The average Bonchev–Trinajstić information content (AvgIpc) is 3.01. The van der Waals surface area contributed by atoms with E-state index in [1.54, 1.807) is 12.5 Å². The number of nitrogens with one attached hydrogen (secondary N) is 1. The number of nitrogens with zero attached hydrogens (tertiary/aromatic N) is 2. The van der Waals surface area contributed by atoms with Crippen molar-refractivity contribution in [2.45, 2.75) is 44.4 Å². The number of benzene rings is 1. The molecule has 2 atom stereocenters. The van der Waals surface area contributed by atoms with E-state index in [1.807, 2.05) is 10.8 Å². The summed E-state index contributed by atoms with van der Waals surface area (Å²) in [4.78, 5) is 4.05. The molecular formula is C16H21N3O. The van der Waals surface area contributed by atoms with Gasteiger partial charge in [0.1, 0.15) is 0 Å². The van der Waals surface area contributed by atoms with E-state index in [4.69, 9.17) is 0 Å². The van der Waals surface area contributed by atoms with E-state index in [-0.39, 0.29) is 12.1 Å². The molecule has 0 amide bonds. The van der Waals surface area contributed by atoms with Crippen LogP contribution in [0.4, 0.5) is 0 Å². The SMILES string of the molecule is OC1CCCCC1NCc1ccc(-n2ccnc2)cc1. The second-order valence-electron chi connectivity index (χ2n) is 5.48. The lowest BCUT2D eigenvalue weighted by Crippen LogP contribution is -2.41. The van der Waals surface area contributed by atoms with Gasteiger partial charge in [0.05, 0.1) is 12.4 Å². The highest BCUT2D eigenvalue weighted by Gasteiger charge is 2.21. The third-order valence-corrected chi connectivity index (χ3v) is 4.04. The van der Waals surface area contributed by atoms with Crippen LogP contribution in [-0.4, -0.2) is 26.8 Å². The summed E-state index contributed by atoms with van der Waals surface area (Å²) >= 11 is 0. The zero-order valence-electron chi connectivity index (χ0n) is 11.6. The number of aliphatic hydroxyl groups is 1. The normalized spacial score (nSPS) is 22.9. The van der Waals surface area contributed by atoms with Crippen LogP contribution in [-0.2, 0) is 6.54 Å². The number of aliphatic hydroxyl groups excluding tert-OH is 1. The highest BCUT2D eigenvalue weighted by atomic mass is 16.3. The lowest BCUT2D eigenvalue weighted by molar-refractivity contribution is 0.0902. The summed E-state index contributed by atoms with van der Waals surface area (Å²) in [6.07, 6.45) is 9.70. The molecule has 106 valence electrons. The fourth-order valence-electron chi connectivity index (χ4n) is 2.80. The van der Waals surface area contributed by atoms with E-state index in [0.29, 0.717) is 0 Å². The van der Waals surface area contributed by atoms with Crippen LogP contribution in [0.3, 0.4) is 0 Å². The predicted molar refractivity (Wildman–Crippen MR) is 78.7 cm³/mol. The van der Waals surface area contributed by atoms with Crippen molar-refractivity contribution in [2.75, 3.05) is 0 Å². The Labute approximate surface area is 119 Å². The van der Waals surface area contributed by atoms with Gasteiger partial charge in [-0.3, -0.25) is 0 Å². The first-order valence-corrected chi connectivity index (χ1v) is 7.31. The molecule has 2 aromatic rings. The standard InChI is InChI=1S/C16H21N3O/c20-16-4-2-1-3-15(16)18-11-13-5-7-14(8-6-13)19-10-9-17-12-19/h5-10,12,15-16,18,20H,1-4,11H2. The van der Waals surface area contributed by atoms with Gasteiger partial charge >= 0.3 is 0 Å². The molecule has 0 spiro atoms. The Morgan fingerprint density at radius 3 is 2.70 bits per heavy atom. The van der Waals surface area contributed by atoms with Crippen molar-refractivity contribution in [3.63, 3.8) is 0 Å². The van der Waals surface area contributed by atoms with E-state index in [9.17, 15) is 5.11 Å². The monoisotopic (exact) mass is 271 g/mol. The largest absolute Gasteiger partial charge is 0.392 e. The molecular weight excluding hydrogens is 250 g/mol. The lowest BCUT2D eigenvalue weighted by Gasteiger charge is -2.28. The zero-order valence-corrected chi connectivity index (χ0v) is 11.6. The van der Waals surface area contributed by atoms with Gasteiger partial charge in [0.15, 0.2) is 0 Å². The maximum atomic E-state index is 9.94. The summed E-state index contributed by atoms with van der Waals surface area (Å²) in [5.74, 6) is 0. The Bertz CT molecular complexity index is 521. The van der Waals surface area contributed by atoms with Crippen LogP contribution in [0.25, 0.3) is 5.69 Å². The Kier molecular flexibility index (Phi) is 4.14. The first kappa shape index (κ1) is 13.3. The summed E-state index contributed by atoms with van der Waals surface area (Å²) in [6, 6.07) is 8.68. The van der Waals surface area contributed by atoms with Crippen molar-refractivity contribution < 1.29 is 5.11 Å². The van der Waals surface area contributed by atoms with E-state index in [2.05, 4.69) is 34.6 Å². The molecule has 3 rings (SSSR count). The van der Waals surface area contributed by atoms with Crippen molar-refractivity contribution in [1.82, 2.24) is 14.9 Å². The Balaban J connectivity index is 1.58. The topological polar surface area (TPSA) is 50.1 Å². The minimum Gasteiger partial charge on any atom is -0.392 e. The van der Waals surface area contributed by atoms with Crippen molar-refractivity contribution in [3.05, 3.63) is 48.5 Å². The molecule has 2 unspecified atom stereocenters. The molecule has 1 aromatic carbocycles. The van der Waals surface area contributed by atoms with Gasteiger partial charge in [-0.25, -0.2) is 4.98 Å².